The number of aromatic nitrogens is 4. The zero-order valence-electron chi connectivity index (χ0n) is 15.1. The van der Waals surface area contributed by atoms with Gasteiger partial charge in [-0.05, 0) is 40.2 Å². The third-order valence-electron chi connectivity index (χ3n) is 4.32. The van der Waals surface area contributed by atoms with Crippen LogP contribution in [0.1, 0.15) is 37.0 Å². The van der Waals surface area contributed by atoms with E-state index in [1.165, 1.54) is 0 Å². The second-order valence-corrected chi connectivity index (χ2v) is 7.92. The number of imidazole rings is 1. The summed E-state index contributed by atoms with van der Waals surface area (Å²) in [5.74, 6) is -1.86. The number of nitrogens with zero attached hydrogens (tertiary/aromatic N) is 5. The lowest BCUT2D eigenvalue weighted by Crippen LogP contribution is -2.47. The van der Waals surface area contributed by atoms with E-state index >= 15 is 0 Å². The molecule has 3 aromatic heterocycles. The van der Waals surface area contributed by atoms with Crippen molar-refractivity contribution in [1.82, 2.24) is 23.8 Å². The quantitative estimate of drug-likeness (QED) is 0.370. The highest BCUT2D eigenvalue weighted by atomic mass is 127. The van der Waals surface area contributed by atoms with E-state index in [1.54, 1.807) is 35.2 Å². The molecule has 6 nitrogen and oxygen atoms in total. The van der Waals surface area contributed by atoms with Crippen molar-refractivity contribution >= 4 is 39.8 Å². The van der Waals surface area contributed by atoms with Crippen LogP contribution in [0, 0.1) is 0 Å². The van der Waals surface area contributed by atoms with Crippen molar-refractivity contribution in [2.75, 3.05) is 6.54 Å². The maximum absolute atomic E-state index is 13.1. The average molecular weight is 523 g/mol. The van der Waals surface area contributed by atoms with E-state index in [2.05, 4.69) is 32.1 Å². The van der Waals surface area contributed by atoms with Crippen LogP contribution in [0.25, 0.3) is 5.52 Å². The minimum Gasteiger partial charge on any atom is -0.320 e. The Kier molecular flexibility index (Phi) is 6.28. The number of pyridine rings is 1. The molecule has 4 rings (SSSR count). The van der Waals surface area contributed by atoms with Crippen molar-refractivity contribution in [3.05, 3.63) is 53.9 Å². The topological polar surface area (TPSA) is 55.4 Å². The number of alkyl halides is 3. The number of carbonyl (C=O) groups excluding carboxylic acids is 1. The summed E-state index contributed by atoms with van der Waals surface area (Å²) < 4.78 is 42.9. The molecule has 2 atom stereocenters. The first kappa shape index (κ1) is 21.0. The van der Waals surface area contributed by atoms with E-state index in [0.717, 1.165) is 16.1 Å². The van der Waals surface area contributed by atoms with Crippen molar-refractivity contribution < 1.29 is 18.0 Å². The fourth-order valence-electron chi connectivity index (χ4n) is 3.21. The monoisotopic (exact) mass is 523 g/mol. The molecule has 28 heavy (non-hydrogen) atoms. The molecule has 150 valence electrons. The SMILES string of the molecule is CC.O=C(N1CCc2c(ncn2PI)C1c1cc2ccccn2n1)C(F)(F)F. The van der Waals surface area contributed by atoms with Crippen LogP contribution in [0.15, 0.2) is 36.8 Å². The summed E-state index contributed by atoms with van der Waals surface area (Å²) in [5, 5.41) is 4.39. The number of amides is 1. The van der Waals surface area contributed by atoms with Crippen molar-refractivity contribution in [3.8, 4) is 0 Å². The number of rotatable bonds is 2. The Morgan fingerprint density at radius 3 is 2.71 bits per heavy atom. The molecule has 1 aliphatic heterocycles. The molecule has 0 bridgehead atoms. The van der Waals surface area contributed by atoms with Gasteiger partial charge in [0.1, 0.15) is 6.04 Å². The van der Waals surface area contributed by atoms with E-state index in [-0.39, 0.29) is 6.54 Å². The van der Waals surface area contributed by atoms with Crippen molar-refractivity contribution in [2.45, 2.75) is 32.5 Å². The summed E-state index contributed by atoms with van der Waals surface area (Å²) in [5.41, 5.74) is 2.42. The molecule has 0 N–H and O–H groups in total. The van der Waals surface area contributed by atoms with E-state index < -0.39 is 18.1 Å². The summed E-state index contributed by atoms with van der Waals surface area (Å²) in [6.45, 7) is 3.97. The molecule has 2 unspecified atom stereocenters. The molecule has 0 radical (unpaired) electrons. The minimum atomic E-state index is -4.94. The van der Waals surface area contributed by atoms with E-state index in [4.69, 9.17) is 0 Å². The Morgan fingerprint density at radius 2 is 2.07 bits per heavy atom. The van der Waals surface area contributed by atoms with Crippen LogP contribution in [-0.2, 0) is 11.2 Å². The zero-order chi connectivity index (χ0) is 20.5. The van der Waals surface area contributed by atoms with E-state index in [0.29, 0.717) is 24.2 Å². The summed E-state index contributed by atoms with van der Waals surface area (Å²) in [4.78, 5) is 17.2. The number of halogens is 4. The first-order valence-electron chi connectivity index (χ1n) is 8.65. The van der Waals surface area contributed by atoms with Crippen molar-refractivity contribution in [2.24, 2.45) is 0 Å². The number of hydrogen-bond donors (Lipinski definition) is 0. The van der Waals surface area contributed by atoms with Gasteiger partial charge in [-0.15, -0.1) is 0 Å². The van der Waals surface area contributed by atoms with Gasteiger partial charge in [-0.1, -0.05) is 19.9 Å². The van der Waals surface area contributed by atoms with Gasteiger partial charge in [0, 0.05) is 31.2 Å². The van der Waals surface area contributed by atoms with Gasteiger partial charge in [0.15, 0.2) is 0 Å². The summed E-state index contributed by atoms with van der Waals surface area (Å²) in [6.07, 6.45) is -0.909. The minimum absolute atomic E-state index is 0.0311. The largest absolute Gasteiger partial charge is 0.471 e. The highest BCUT2D eigenvalue weighted by Crippen LogP contribution is 2.39. The molecule has 11 heteroatoms. The molecule has 1 amide bonds. The summed E-state index contributed by atoms with van der Waals surface area (Å²) in [6, 6.07) is 6.14. The molecular formula is C17H18F3IN5OP. The second-order valence-electron chi connectivity index (χ2n) is 5.82. The maximum atomic E-state index is 13.1. The zero-order valence-corrected chi connectivity index (χ0v) is 18.3. The van der Waals surface area contributed by atoms with Gasteiger partial charge in [-0.3, -0.25) is 4.79 Å². The number of carbonyl (C=O) groups is 1. The van der Waals surface area contributed by atoms with Crippen LogP contribution >= 0.6 is 28.4 Å². The smallest absolute Gasteiger partial charge is 0.320 e. The fraction of sp³-hybridized carbons (Fsp3) is 0.353. The lowest BCUT2D eigenvalue weighted by molar-refractivity contribution is -0.187. The van der Waals surface area contributed by atoms with Gasteiger partial charge in [0.25, 0.3) is 0 Å². The fourth-order valence-corrected chi connectivity index (χ4v) is 4.89. The molecule has 0 aliphatic carbocycles. The predicted octanol–water partition coefficient (Wildman–Crippen LogP) is 4.39. The van der Waals surface area contributed by atoms with E-state index in [1.807, 2.05) is 24.3 Å². The van der Waals surface area contributed by atoms with Crippen molar-refractivity contribution in [3.63, 3.8) is 0 Å². The number of hydrogen-bond acceptors (Lipinski definition) is 3. The Morgan fingerprint density at radius 1 is 1.32 bits per heavy atom. The lowest BCUT2D eigenvalue weighted by Gasteiger charge is -2.34. The molecule has 0 saturated heterocycles. The molecule has 4 heterocycles. The maximum Gasteiger partial charge on any atom is 0.471 e. The highest BCUT2D eigenvalue weighted by Gasteiger charge is 2.48. The van der Waals surface area contributed by atoms with Crippen LogP contribution < -0.4 is 0 Å². The van der Waals surface area contributed by atoms with Crippen molar-refractivity contribution in [1.29, 1.82) is 0 Å². The Labute approximate surface area is 174 Å². The molecule has 0 saturated carbocycles. The van der Waals surface area contributed by atoms with Gasteiger partial charge in [-0.2, -0.15) is 18.3 Å². The van der Waals surface area contributed by atoms with Gasteiger partial charge in [-0.25, -0.2) is 9.50 Å². The summed E-state index contributed by atoms with van der Waals surface area (Å²) >= 11 is 2.19. The Balaban J connectivity index is 0.00000109. The Bertz CT molecular complexity index is 954. The normalized spacial score (nSPS) is 16.9. The highest BCUT2D eigenvalue weighted by molar-refractivity contribution is 14.2. The van der Waals surface area contributed by atoms with Gasteiger partial charge in [0.05, 0.1) is 23.2 Å². The van der Waals surface area contributed by atoms with Crippen LogP contribution in [0.5, 0.6) is 0 Å². The van der Waals surface area contributed by atoms with Gasteiger partial charge < -0.3 is 9.24 Å². The van der Waals surface area contributed by atoms with Crippen LogP contribution in [0.4, 0.5) is 13.2 Å². The third-order valence-corrected chi connectivity index (χ3v) is 6.45. The molecule has 0 spiro atoms. The average Bonchev–Trinajstić information content (AvgIpc) is 3.31. The standard InChI is InChI=1S/C15H12F3IN5OP.C2H6/c16-15(17,18)14(25)22-6-4-11-12(20-8-24(11)26-19)13(22)10-7-9-3-1-2-5-23(9)21-10;1-2/h1-3,5,7-8,13,26H,4,6H2;1-2H3. The first-order chi connectivity index (χ1) is 13.4. The summed E-state index contributed by atoms with van der Waals surface area (Å²) in [7, 11) is 0. The second kappa shape index (κ2) is 8.36. The molecule has 3 aromatic rings. The van der Waals surface area contributed by atoms with Crippen LogP contribution in [-0.4, -0.2) is 42.5 Å². The molecule has 0 aromatic carbocycles. The number of fused-ring (bicyclic) bond motifs is 2. The first-order valence-corrected chi connectivity index (χ1v) is 12.7. The predicted molar refractivity (Wildman–Crippen MR) is 110 cm³/mol. The molecule has 0 fully saturated rings. The Hall–Kier alpha value is -1.68. The van der Waals surface area contributed by atoms with E-state index in [9.17, 15) is 18.0 Å². The molecular weight excluding hydrogens is 505 g/mol. The lowest BCUT2D eigenvalue weighted by atomic mass is 9.99. The molecule has 1 aliphatic rings. The van der Waals surface area contributed by atoms with Crippen LogP contribution in [0.2, 0.25) is 0 Å². The van der Waals surface area contributed by atoms with Gasteiger partial charge >= 0.3 is 12.1 Å². The van der Waals surface area contributed by atoms with Crippen LogP contribution in [0.3, 0.4) is 0 Å². The third kappa shape index (κ3) is 3.76. The van der Waals surface area contributed by atoms with Gasteiger partial charge in [0.2, 0.25) is 0 Å².